The van der Waals surface area contributed by atoms with Crippen molar-refractivity contribution in [3.8, 4) is 0 Å². The summed E-state index contributed by atoms with van der Waals surface area (Å²) in [7, 11) is 0. The molecule has 0 saturated carbocycles. The van der Waals surface area contributed by atoms with E-state index in [-0.39, 0.29) is 0 Å². The number of nitrogens with zero attached hydrogens (tertiary/aromatic N) is 1. The third kappa shape index (κ3) is 2.10. The molecule has 0 radical (unpaired) electrons. The van der Waals surface area contributed by atoms with Crippen molar-refractivity contribution in [3.63, 3.8) is 0 Å². The minimum Gasteiger partial charge on any atom is -0.388 e. The Hall–Kier alpha value is -1.88. The summed E-state index contributed by atoms with van der Waals surface area (Å²) in [6.07, 6.45) is 4.84. The van der Waals surface area contributed by atoms with Gasteiger partial charge in [0.15, 0.2) is 0 Å². The van der Waals surface area contributed by atoms with Gasteiger partial charge >= 0.3 is 0 Å². The van der Waals surface area contributed by atoms with Gasteiger partial charge in [0.1, 0.15) is 0 Å². The van der Waals surface area contributed by atoms with Gasteiger partial charge in [0.05, 0.1) is 6.10 Å². The zero-order valence-corrected chi connectivity index (χ0v) is 13.5. The normalized spacial score (nSPS) is 23.8. The van der Waals surface area contributed by atoms with Gasteiger partial charge in [0.2, 0.25) is 0 Å². The second-order valence-electron chi connectivity index (χ2n) is 6.46. The number of nitrogens with one attached hydrogen (secondary N) is 1. The monoisotopic (exact) mass is 322 g/mol. The van der Waals surface area contributed by atoms with Gasteiger partial charge in [-0.2, -0.15) is 0 Å². The zero-order chi connectivity index (χ0) is 15.4. The van der Waals surface area contributed by atoms with Crippen LogP contribution >= 0.6 is 11.3 Å². The van der Waals surface area contributed by atoms with Crippen LogP contribution in [0.3, 0.4) is 0 Å². The molecule has 1 aromatic carbocycles. The van der Waals surface area contributed by atoms with Gasteiger partial charge in [0, 0.05) is 41.1 Å². The maximum atomic E-state index is 10.4. The van der Waals surface area contributed by atoms with Crippen LogP contribution in [0.2, 0.25) is 0 Å². The fourth-order valence-corrected chi connectivity index (χ4v) is 4.82. The third-order valence-electron chi connectivity index (χ3n) is 5.04. The summed E-state index contributed by atoms with van der Waals surface area (Å²) < 4.78 is 0. The van der Waals surface area contributed by atoms with Crippen LogP contribution in [0, 0.1) is 0 Å². The van der Waals surface area contributed by atoms with Gasteiger partial charge in [-0.05, 0) is 46.7 Å². The molecule has 0 saturated heterocycles. The second kappa shape index (κ2) is 5.06. The lowest BCUT2D eigenvalue weighted by atomic mass is 9.81. The minimum absolute atomic E-state index is 0.356. The number of hydrogen-bond acceptors (Lipinski definition) is 3. The molecular formula is C19H18N2OS. The van der Waals surface area contributed by atoms with Gasteiger partial charge in [-0.1, -0.05) is 18.2 Å². The Bertz CT molecular complexity index is 893. The maximum Gasteiger partial charge on any atom is 0.0854 e. The summed E-state index contributed by atoms with van der Waals surface area (Å²) in [6, 6.07) is 11.1. The number of aromatic amines is 1. The van der Waals surface area contributed by atoms with Crippen molar-refractivity contribution in [3.05, 3.63) is 64.0 Å². The Labute approximate surface area is 138 Å². The highest BCUT2D eigenvalue weighted by Gasteiger charge is 2.34. The van der Waals surface area contributed by atoms with E-state index in [1.807, 2.05) is 0 Å². The molecule has 2 N–H and O–H groups in total. The van der Waals surface area contributed by atoms with E-state index in [9.17, 15) is 5.11 Å². The standard InChI is InChI=1S/C19H18N2OS/c22-13-8-16-15-4-1-5-17-19(15)12(9-20-17)7-18(16)21(10-13)11-14-3-2-6-23-14/h1-6,8-9,13,18,20,22H,7,10-11H2. The summed E-state index contributed by atoms with van der Waals surface area (Å²) >= 11 is 1.79. The molecule has 2 aliphatic rings. The van der Waals surface area contributed by atoms with Crippen LogP contribution in [-0.2, 0) is 13.0 Å². The number of β-amino-alcohol motifs (C(OH)–C–C–N with tert-alkyl or cyclic N) is 1. The first kappa shape index (κ1) is 13.5. The lowest BCUT2D eigenvalue weighted by molar-refractivity contribution is 0.114. The van der Waals surface area contributed by atoms with Crippen molar-refractivity contribution in [2.45, 2.75) is 25.1 Å². The highest BCUT2D eigenvalue weighted by molar-refractivity contribution is 7.09. The molecule has 0 fully saturated rings. The van der Waals surface area contributed by atoms with Crippen LogP contribution in [0.15, 0.2) is 48.0 Å². The molecule has 4 heteroatoms. The van der Waals surface area contributed by atoms with E-state index in [4.69, 9.17) is 0 Å². The number of benzene rings is 1. The molecule has 1 aliphatic heterocycles. The maximum absolute atomic E-state index is 10.4. The molecule has 3 aromatic rings. The van der Waals surface area contributed by atoms with E-state index < -0.39 is 6.10 Å². The highest BCUT2D eigenvalue weighted by atomic mass is 32.1. The van der Waals surface area contributed by atoms with Crippen LogP contribution in [-0.4, -0.2) is 33.7 Å². The molecule has 0 spiro atoms. The molecule has 2 aromatic heterocycles. The average Bonchev–Trinajstić information content (AvgIpc) is 3.19. The largest absolute Gasteiger partial charge is 0.388 e. The lowest BCUT2D eigenvalue weighted by Gasteiger charge is -2.40. The summed E-state index contributed by atoms with van der Waals surface area (Å²) in [4.78, 5) is 7.18. The number of fused-ring (bicyclic) bond motifs is 2. The quantitative estimate of drug-likeness (QED) is 0.759. The Balaban J connectivity index is 1.61. The molecule has 3 heterocycles. The van der Waals surface area contributed by atoms with Crippen molar-refractivity contribution in [1.29, 1.82) is 0 Å². The van der Waals surface area contributed by atoms with Crippen LogP contribution < -0.4 is 0 Å². The van der Waals surface area contributed by atoms with E-state index >= 15 is 0 Å². The molecule has 23 heavy (non-hydrogen) atoms. The van der Waals surface area contributed by atoms with Crippen LogP contribution in [0.4, 0.5) is 0 Å². The van der Waals surface area contributed by atoms with Crippen LogP contribution in [0.25, 0.3) is 16.5 Å². The molecule has 2 unspecified atom stereocenters. The van der Waals surface area contributed by atoms with Crippen LogP contribution in [0.1, 0.15) is 16.0 Å². The van der Waals surface area contributed by atoms with Crippen molar-refractivity contribution in [2.75, 3.05) is 6.54 Å². The predicted octanol–water partition coefficient (Wildman–Crippen LogP) is 3.41. The van der Waals surface area contributed by atoms with Gasteiger partial charge in [0.25, 0.3) is 0 Å². The third-order valence-corrected chi connectivity index (χ3v) is 5.91. The Kier molecular flexibility index (Phi) is 2.98. The zero-order valence-electron chi connectivity index (χ0n) is 12.7. The molecule has 0 bridgehead atoms. The van der Waals surface area contributed by atoms with E-state index in [1.54, 1.807) is 11.3 Å². The van der Waals surface area contributed by atoms with Gasteiger partial charge < -0.3 is 10.1 Å². The van der Waals surface area contributed by atoms with Crippen molar-refractivity contribution in [1.82, 2.24) is 9.88 Å². The molecule has 3 nitrogen and oxygen atoms in total. The minimum atomic E-state index is -0.392. The number of aromatic nitrogens is 1. The molecule has 116 valence electrons. The Morgan fingerprint density at radius 2 is 2.22 bits per heavy atom. The molecule has 1 aliphatic carbocycles. The fraction of sp³-hybridized carbons (Fsp3) is 0.263. The number of rotatable bonds is 2. The smallest absolute Gasteiger partial charge is 0.0854 e. The molecule has 5 rings (SSSR count). The van der Waals surface area contributed by atoms with E-state index in [1.165, 1.54) is 32.5 Å². The molecule has 0 amide bonds. The summed E-state index contributed by atoms with van der Waals surface area (Å²) in [5, 5.41) is 13.8. The van der Waals surface area contributed by atoms with E-state index in [2.05, 4.69) is 57.9 Å². The van der Waals surface area contributed by atoms with Gasteiger partial charge in [-0.25, -0.2) is 0 Å². The van der Waals surface area contributed by atoms with Crippen LogP contribution in [0.5, 0.6) is 0 Å². The second-order valence-corrected chi connectivity index (χ2v) is 7.49. The van der Waals surface area contributed by atoms with E-state index in [0.717, 1.165) is 13.0 Å². The number of aliphatic hydroxyl groups is 1. The van der Waals surface area contributed by atoms with Gasteiger partial charge in [-0.3, -0.25) is 4.90 Å². The predicted molar refractivity (Wildman–Crippen MR) is 94.5 cm³/mol. The first-order valence-electron chi connectivity index (χ1n) is 8.05. The Morgan fingerprint density at radius 1 is 1.26 bits per heavy atom. The average molecular weight is 322 g/mol. The highest BCUT2D eigenvalue weighted by Crippen LogP contribution is 2.40. The first-order valence-corrected chi connectivity index (χ1v) is 8.93. The first-order chi connectivity index (χ1) is 11.3. The van der Waals surface area contributed by atoms with Gasteiger partial charge in [-0.15, -0.1) is 11.3 Å². The van der Waals surface area contributed by atoms with Crippen molar-refractivity contribution < 1.29 is 5.11 Å². The summed E-state index contributed by atoms with van der Waals surface area (Å²) in [5.41, 5.74) is 5.16. The number of hydrogen-bond donors (Lipinski definition) is 2. The molecular weight excluding hydrogens is 304 g/mol. The number of thiophene rings is 1. The summed E-state index contributed by atoms with van der Waals surface area (Å²) in [6.45, 7) is 1.62. The molecule has 2 atom stereocenters. The topological polar surface area (TPSA) is 39.3 Å². The SMILES string of the molecule is OC1C=C2c3cccc4[nH]cc(c34)CC2N(Cc2cccs2)C1. The summed E-state index contributed by atoms with van der Waals surface area (Å²) in [5.74, 6) is 0. The number of H-pyrrole nitrogens is 1. The Morgan fingerprint density at radius 3 is 3.09 bits per heavy atom. The lowest BCUT2D eigenvalue weighted by Crippen LogP contribution is -2.46. The van der Waals surface area contributed by atoms with Crippen molar-refractivity contribution in [2.24, 2.45) is 0 Å². The number of aliphatic hydroxyl groups excluding tert-OH is 1. The fourth-order valence-electron chi connectivity index (χ4n) is 4.09. The van der Waals surface area contributed by atoms with Crippen molar-refractivity contribution >= 4 is 27.8 Å². The van der Waals surface area contributed by atoms with E-state index in [0.29, 0.717) is 12.6 Å².